The first-order chi connectivity index (χ1) is 22.2. The molecule has 2 atom stereocenters. The van der Waals surface area contributed by atoms with Crippen molar-refractivity contribution >= 4 is 58.4 Å². The fraction of sp³-hybridized carbons (Fsp3) is 0.281. The molecule has 0 spiro atoms. The van der Waals surface area contributed by atoms with Gasteiger partial charge in [0.2, 0.25) is 11.9 Å². The zero-order valence-electron chi connectivity index (χ0n) is 25.4. The van der Waals surface area contributed by atoms with Crippen LogP contribution in [0, 0.1) is 0 Å². The van der Waals surface area contributed by atoms with Crippen molar-refractivity contribution in [1.82, 2.24) is 20.3 Å². The third kappa shape index (κ3) is 5.81. The van der Waals surface area contributed by atoms with Crippen molar-refractivity contribution in [2.75, 3.05) is 54.4 Å². The monoisotopic (exact) mass is 662 g/mol. The number of halogens is 2. The van der Waals surface area contributed by atoms with Gasteiger partial charge in [0.15, 0.2) is 0 Å². The standard InChI is InChI=1S/C32H32Cl2N8O4/c1-5-26(43)37-21-16-41(25-11-10-19(13-35-25)18-8-6-7-9-18)17-22(21)38-31-36-14-20-15-42(32(44)40(2)30(20)39-31)29-27(33)23(45-3)12-24(46-4)28(29)34/h5-14,18,21-22H,1,15-17H2,2-4H3,(H,37,43)(H,36,38,39). The van der Waals surface area contributed by atoms with E-state index in [1.54, 1.807) is 19.3 Å². The molecule has 14 heteroatoms. The minimum atomic E-state index is -0.405. The number of benzene rings is 1. The number of ether oxygens (including phenoxy) is 2. The highest BCUT2D eigenvalue weighted by Gasteiger charge is 2.37. The number of allylic oxidation sites excluding steroid dienone is 4. The highest BCUT2D eigenvalue weighted by Crippen LogP contribution is 2.47. The summed E-state index contributed by atoms with van der Waals surface area (Å²) in [4.78, 5) is 44.9. The van der Waals surface area contributed by atoms with Gasteiger partial charge in [0.25, 0.3) is 0 Å². The Hall–Kier alpha value is -4.81. The average molecular weight is 664 g/mol. The number of aromatic nitrogens is 3. The van der Waals surface area contributed by atoms with Crippen molar-refractivity contribution < 1.29 is 19.1 Å². The first-order valence-corrected chi connectivity index (χ1v) is 15.2. The van der Waals surface area contributed by atoms with E-state index in [9.17, 15) is 9.59 Å². The van der Waals surface area contributed by atoms with E-state index in [0.717, 1.165) is 11.4 Å². The van der Waals surface area contributed by atoms with Crippen molar-refractivity contribution in [2.45, 2.75) is 24.5 Å². The number of amides is 3. The summed E-state index contributed by atoms with van der Waals surface area (Å²) in [5, 5.41) is 6.72. The molecule has 2 unspecified atom stereocenters. The largest absolute Gasteiger partial charge is 0.495 e. The minimum Gasteiger partial charge on any atom is -0.495 e. The average Bonchev–Trinajstić information content (AvgIpc) is 3.75. The summed E-state index contributed by atoms with van der Waals surface area (Å²) >= 11 is 13.2. The first kappa shape index (κ1) is 31.2. The lowest BCUT2D eigenvalue weighted by Gasteiger charge is -2.35. The number of carbonyl (C=O) groups is 2. The van der Waals surface area contributed by atoms with Crippen LogP contribution < -0.4 is 34.8 Å². The van der Waals surface area contributed by atoms with Gasteiger partial charge in [-0.05, 0) is 17.7 Å². The van der Waals surface area contributed by atoms with Gasteiger partial charge in [-0.3, -0.25) is 14.6 Å². The molecule has 0 radical (unpaired) electrons. The highest BCUT2D eigenvalue weighted by atomic mass is 35.5. The van der Waals surface area contributed by atoms with E-state index in [1.807, 2.05) is 24.4 Å². The molecule has 1 fully saturated rings. The molecule has 3 amide bonds. The summed E-state index contributed by atoms with van der Waals surface area (Å²) in [5.41, 5.74) is 2.03. The molecule has 1 saturated heterocycles. The van der Waals surface area contributed by atoms with Crippen molar-refractivity contribution in [3.63, 3.8) is 0 Å². The fourth-order valence-corrected chi connectivity index (χ4v) is 6.49. The normalized spacial score (nSPS) is 19.0. The number of hydrogen-bond acceptors (Lipinski definition) is 9. The van der Waals surface area contributed by atoms with Crippen molar-refractivity contribution in [3.05, 3.63) is 88.7 Å². The van der Waals surface area contributed by atoms with E-state index in [0.29, 0.717) is 41.9 Å². The Morgan fingerprint density at radius 1 is 1.04 bits per heavy atom. The third-order valence-electron chi connectivity index (χ3n) is 8.20. The summed E-state index contributed by atoms with van der Waals surface area (Å²) in [6.07, 6.45) is 13.1. The van der Waals surface area contributed by atoms with Gasteiger partial charge in [-0.2, -0.15) is 4.98 Å². The highest BCUT2D eigenvalue weighted by molar-refractivity contribution is 6.42. The summed E-state index contributed by atoms with van der Waals surface area (Å²) in [5.74, 6) is 2.08. The van der Waals surface area contributed by atoms with Crippen LogP contribution in [-0.2, 0) is 11.3 Å². The number of anilines is 4. The van der Waals surface area contributed by atoms with Gasteiger partial charge in [0.05, 0.1) is 38.5 Å². The number of urea groups is 1. The second-order valence-corrected chi connectivity index (χ2v) is 11.7. The molecule has 12 nitrogen and oxygen atoms in total. The van der Waals surface area contributed by atoms with Crippen LogP contribution in [0.25, 0.3) is 0 Å². The van der Waals surface area contributed by atoms with Gasteiger partial charge in [-0.1, -0.05) is 60.2 Å². The molecule has 4 heterocycles. The Morgan fingerprint density at radius 2 is 1.74 bits per heavy atom. The maximum absolute atomic E-state index is 13.7. The quantitative estimate of drug-likeness (QED) is 0.306. The number of carbonyl (C=O) groups excluding carboxylic acids is 2. The summed E-state index contributed by atoms with van der Waals surface area (Å²) in [6, 6.07) is 4.64. The molecule has 1 aromatic carbocycles. The van der Waals surface area contributed by atoms with Crippen LogP contribution in [0.2, 0.25) is 10.0 Å². The van der Waals surface area contributed by atoms with Gasteiger partial charge in [0.1, 0.15) is 33.2 Å². The molecule has 0 saturated carbocycles. The maximum atomic E-state index is 13.7. The Balaban J connectivity index is 1.24. The topological polar surface area (TPSA) is 125 Å². The Morgan fingerprint density at radius 3 is 2.37 bits per heavy atom. The van der Waals surface area contributed by atoms with E-state index < -0.39 is 6.03 Å². The SMILES string of the molecule is C=CC(=O)NC1CN(c2ccc(C3C=CC=C3)cn2)CC1Nc1ncc2c(n1)N(C)C(=O)N(c1c(Cl)c(OC)cc(OC)c1Cl)C2. The van der Waals surface area contributed by atoms with Gasteiger partial charge in [-0.15, -0.1) is 0 Å². The number of nitrogens with one attached hydrogen (secondary N) is 2. The summed E-state index contributed by atoms with van der Waals surface area (Å²) in [6.45, 7) is 4.73. The second-order valence-electron chi connectivity index (χ2n) is 10.9. The predicted octanol–water partition coefficient (Wildman–Crippen LogP) is 4.95. The fourth-order valence-electron chi connectivity index (χ4n) is 5.79. The third-order valence-corrected chi connectivity index (χ3v) is 8.93. The Kier molecular flexibility index (Phi) is 8.74. The smallest absolute Gasteiger partial charge is 0.330 e. The molecule has 238 valence electrons. The lowest BCUT2D eigenvalue weighted by molar-refractivity contribution is -0.117. The van der Waals surface area contributed by atoms with Gasteiger partial charge >= 0.3 is 6.03 Å². The number of nitrogens with zero attached hydrogens (tertiary/aromatic N) is 6. The lowest BCUT2D eigenvalue weighted by atomic mass is 10.0. The molecule has 3 aliphatic rings. The molecule has 3 aromatic rings. The molecule has 2 aromatic heterocycles. The predicted molar refractivity (Wildman–Crippen MR) is 179 cm³/mol. The van der Waals surface area contributed by atoms with Crippen molar-refractivity contribution in [1.29, 1.82) is 0 Å². The van der Waals surface area contributed by atoms with Gasteiger partial charge in [0, 0.05) is 50.1 Å². The lowest BCUT2D eigenvalue weighted by Crippen LogP contribution is -2.47. The van der Waals surface area contributed by atoms with Crippen LogP contribution in [0.5, 0.6) is 11.5 Å². The molecular formula is C32H32Cl2N8O4. The number of hydrogen-bond donors (Lipinski definition) is 2. The van der Waals surface area contributed by atoms with Crippen LogP contribution in [0.4, 0.5) is 28.1 Å². The van der Waals surface area contributed by atoms with Crippen LogP contribution in [0.15, 0.2) is 67.6 Å². The number of pyridine rings is 1. The Bertz CT molecular complexity index is 1710. The minimum absolute atomic E-state index is 0.109. The van der Waals surface area contributed by atoms with E-state index >= 15 is 0 Å². The summed E-state index contributed by atoms with van der Waals surface area (Å²) in [7, 11) is 4.55. The van der Waals surface area contributed by atoms with Crippen molar-refractivity contribution in [2.24, 2.45) is 0 Å². The number of fused-ring (bicyclic) bond motifs is 1. The van der Waals surface area contributed by atoms with Crippen molar-refractivity contribution in [3.8, 4) is 11.5 Å². The van der Waals surface area contributed by atoms with E-state index in [1.165, 1.54) is 30.1 Å². The zero-order valence-corrected chi connectivity index (χ0v) is 26.9. The molecular weight excluding hydrogens is 631 g/mol. The maximum Gasteiger partial charge on any atom is 0.330 e. The summed E-state index contributed by atoms with van der Waals surface area (Å²) < 4.78 is 10.8. The first-order valence-electron chi connectivity index (χ1n) is 14.5. The number of methoxy groups -OCH3 is 2. The van der Waals surface area contributed by atoms with E-state index in [-0.39, 0.29) is 46.2 Å². The Labute approximate surface area is 276 Å². The molecule has 0 bridgehead atoms. The second kappa shape index (κ2) is 12.9. The van der Waals surface area contributed by atoms with E-state index in [2.05, 4.69) is 45.3 Å². The van der Waals surface area contributed by atoms with Crippen LogP contribution in [0.1, 0.15) is 17.0 Å². The van der Waals surface area contributed by atoms with Crippen LogP contribution in [-0.4, -0.2) is 73.3 Å². The van der Waals surface area contributed by atoms with Crippen LogP contribution >= 0.6 is 23.2 Å². The molecule has 2 N–H and O–H groups in total. The molecule has 6 rings (SSSR count). The molecule has 46 heavy (non-hydrogen) atoms. The molecule has 2 aliphatic heterocycles. The van der Waals surface area contributed by atoms with E-state index in [4.69, 9.17) is 42.6 Å². The van der Waals surface area contributed by atoms with Crippen LogP contribution in [0.3, 0.4) is 0 Å². The zero-order chi connectivity index (χ0) is 32.5. The van der Waals surface area contributed by atoms with Gasteiger partial charge < -0.3 is 25.0 Å². The molecule has 1 aliphatic carbocycles. The number of rotatable bonds is 9. The van der Waals surface area contributed by atoms with Gasteiger partial charge in [-0.25, -0.2) is 14.8 Å².